The van der Waals surface area contributed by atoms with Gasteiger partial charge in [-0.05, 0) is 111 Å². The Bertz CT molecular complexity index is 1230. The van der Waals surface area contributed by atoms with E-state index in [1.165, 1.54) is 31.3 Å². The smallest absolute Gasteiger partial charge is 0.306 e. The van der Waals surface area contributed by atoms with Crippen LogP contribution in [0.15, 0.2) is 40.0 Å². The molecule has 0 aliphatic heterocycles. The molecule has 4 saturated carbocycles. The zero-order chi connectivity index (χ0) is 31.5. The lowest BCUT2D eigenvalue weighted by Gasteiger charge is -2.44. The molecular formula is C37H56N2O5. The van der Waals surface area contributed by atoms with Crippen LogP contribution in [0, 0.1) is 23.2 Å². The zero-order valence-corrected chi connectivity index (χ0v) is 27.7. The lowest BCUT2D eigenvalue weighted by atomic mass is 9.60. The Kier molecular flexibility index (Phi) is 10.6. The zero-order valence-electron chi connectivity index (χ0n) is 27.7. The van der Waals surface area contributed by atoms with Crippen LogP contribution in [0.25, 0.3) is 0 Å². The van der Waals surface area contributed by atoms with Crippen molar-refractivity contribution in [3.05, 3.63) is 47.2 Å². The minimum atomic E-state index is -0.653. The molecule has 7 nitrogen and oxygen atoms in total. The molecule has 0 amide bonds. The molecule has 4 aliphatic rings. The molecule has 7 atom stereocenters. The molecular weight excluding hydrogens is 552 g/mol. The minimum Gasteiger partial charge on any atom is -0.461 e. The van der Waals surface area contributed by atoms with Gasteiger partial charge in [0.1, 0.15) is 6.10 Å². The second kappa shape index (κ2) is 14.0. The Morgan fingerprint density at radius 1 is 1.16 bits per heavy atom. The summed E-state index contributed by atoms with van der Waals surface area (Å²) in [6.45, 7) is 13.2. The summed E-state index contributed by atoms with van der Waals surface area (Å²) in [5, 5.41) is 24.7. The predicted octanol–water partition coefficient (Wildman–Crippen LogP) is 7.71. The highest BCUT2D eigenvalue weighted by Crippen LogP contribution is 2.60. The van der Waals surface area contributed by atoms with Crippen LogP contribution in [0.1, 0.15) is 136 Å². The first-order valence-corrected chi connectivity index (χ1v) is 17.6. The van der Waals surface area contributed by atoms with Gasteiger partial charge in [0.2, 0.25) is 5.89 Å². The maximum atomic E-state index is 12.9. The van der Waals surface area contributed by atoms with Crippen molar-refractivity contribution in [1.29, 1.82) is 0 Å². The molecule has 244 valence electrons. The molecule has 0 radical (unpaired) electrons. The van der Waals surface area contributed by atoms with Crippen molar-refractivity contribution in [3.63, 3.8) is 0 Å². The van der Waals surface area contributed by atoms with Gasteiger partial charge in [0.05, 0.1) is 17.6 Å². The van der Waals surface area contributed by atoms with Crippen molar-refractivity contribution < 1.29 is 24.3 Å². The standard InChI is InChI=1S/C37H56N2O5/c1-6-8-12-34(42)43-32(37(20-21-37)35-38-33(10-7-2)39-44-35)18-13-24(3)29-16-17-30-26(11-9-19-36(29,30)5)14-15-27-22-28(40)23-31(41)25(27)4/h14-15,24,28-32,40-41H,4,6-13,16-23H2,1-3,5H3/t24-,28-,29-,30+,31+,32+,36-/m1/s1. The van der Waals surface area contributed by atoms with Gasteiger partial charge in [-0.2, -0.15) is 4.98 Å². The first kappa shape index (κ1) is 33.1. The molecule has 1 aromatic rings. The molecule has 5 rings (SSSR count). The number of aryl methyl sites for hydroxylation is 1. The van der Waals surface area contributed by atoms with Gasteiger partial charge in [-0.1, -0.05) is 63.6 Å². The Morgan fingerprint density at radius 3 is 2.68 bits per heavy atom. The Balaban J connectivity index is 1.28. The van der Waals surface area contributed by atoms with E-state index in [2.05, 4.69) is 51.6 Å². The summed E-state index contributed by atoms with van der Waals surface area (Å²) in [5.74, 6) is 2.99. The molecule has 0 unspecified atom stereocenters. The van der Waals surface area contributed by atoms with Crippen LogP contribution in [0.2, 0.25) is 0 Å². The Hall–Kier alpha value is -2.25. The number of unbranched alkanes of at least 4 members (excludes halogenated alkanes) is 1. The maximum Gasteiger partial charge on any atom is 0.306 e. The molecule has 0 saturated heterocycles. The number of nitrogens with zero attached hydrogens (tertiary/aromatic N) is 2. The molecule has 0 bridgehead atoms. The molecule has 2 N–H and O–H groups in total. The van der Waals surface area contributed by atoms with E-state index < -0.39 is 12.2 Å². The van der Waals surface area contributed by atoms with Crippen LogP contribution in [0.3, 0.4) is 0 Å². The normalized spacial score (nSPS) is 32.9. The van der Waals surface area contributed by atoms with Crippen LogP contribution in [-0.2, 0) is 21.4 Å². The fourth-order valence-corrected chi connectivity index (χ4v) is 8.87. The van der Waals surface area contributed by atoms with Crippen molar-refractivity contribution in [3.8, 4) is 0 Å². The second-order valence-corrected chi connectivity index (χ2v) is 14.7. The summed E-state index contributed by atoms with van der Waals surface area (Å²) in [5.41, 5.74) is 3.17. The van der Waals surface area contributed by atoms with Crippen molar-refractivity contribution in [1.82, 2.24) is 10.1 Å². The van der Waals surface area contributed by atoms with Crippen molar-refractivity contribution in [2.45, 2.75) is 154 Å². The molecule has 4 aliphatic carbocycles. The third-order valence-electron chi connectivity index (χ3n) is 11.7. The van der Waals surface area contributed by atoms with E-state index in [4.69, 9.17) is 14.2 Å². The number of hydrogen-bond acceptors (Lipinski definition) is 7. The number of rotatable bonds is 13. The molecule has 1 aromatic heterocycles. The number of esters is 1. The van der Waals surface area contributed by atoms with Crippen molar-refractivity contribution in [2.75, 3.05) is 0 Å². The van der Waals surface area contributed by atoms with E-state index in [1.54, 1.807) is 0 Å². The quantitative estimate of drug-likeness (QED) is 0.221. The summed E-state index contributed by atoms with van der Waals surface area (Å²) in [6, 6.07) is 0. The predicted molar refractivity (Wildman–Crippen MR) is 172 cm³/mol. The highest BCUT2D eigenvalue weighted by atomic mass is 16.5. The van der Waals surface area contributed by atoms with Crippen LogP contribution >= 0.6 is 0 Å². The van der Waals surface area contributed by atoms with Crippen LogP contribution in [0.4, 0.5) is 0 Å². The summed E-state index contributed by atoms with van der Waals surface area (Å²) in [6.07, 6.45) is 17.7. The van der Waals surface area contributed by atoms with Crippen molar-refractivity contribution >= 4 is 5.97 Å². The van der Waals surface area contributed by atoms with Gasteiger partial charge in [-0.25, -0.2) is 0 Å². The minimum absolute atomic E-state index is 0.103. The summed E-state index contributed by atoms with van der Waals surface area (Å²) < 4.78 is 12.0. The van der Waals surface area contributed by atoms with Gasteiger partial charge < -0.3 is 19.5 Å². The Morgan fingerprint density at radius 2 is 1.95 bits per heavy atom. The number of carbonyl (C=O) groups is 1. The number of ether oxygens (including phenoxy) is 1. The van der Waals surface area contributed by atoms with E-state index >= 15 is 0 Å². The fraction of sp³-hybridized carbons (Fsp3) is 0.757. The first-order chi connectivity index (χ1) is 21.1. The van der Waals surface area contributed by atoms with Crippen LogP contribution < -0.4 is 0 Å². The number of aliphatic hydroxyl groups excluding tert-OH is 2. The van der Waals surface area contributed by atoms with Gasteiger partial charge in [0, 0.05) is 19.3 Å². The number of fused-ring (bicyclic) bond motifs is 1. The van der Waals surface area contributed by atoms with E-state index in [1.807, 2.05) is 0 Å². The summed E-state index contributed by atoms with van der Waals surface area (Å²) in [4.78, 5) is 17.7. The van der Waals surface area contributed by atoms with Crippen LogP contribution in [-0.4, -0.2) is 44.6 Å². The molecule has 0 spiro atoms. The summed E-state index contributed by atoms with van der Waals surface area (Å²) in [7, 11) is 0. The van der Waals surface area contributed by atoms with Gasteiger partial charge in [0.25, 0.3) is 0 Å². The molecule has 4 fully saturated rings. The van der Waals surface area contributed by atoms with E-state index in [0.29, 0.717) is 42.9 Å². The van der Waals surface area contributed by atoms with E-state index in [0.717, 1.165) is 74.8 Å². The lowest BCUT2D eigenvalue weighted by molar-refractivity contribution is -0.152. The van der Waals surface area contributed by atoms with E-state index in [9.17, 15) is 15.0 Å². The molecule has 1 heterocycles. The number of aromatic nitrogens is 2. The average Bonchev–Trinajstić information content (AvgIpc) is 3.52. The second-order valence-electron chi connectivity index (χ2n) is 14.7. The average molecular weight is 609 g/mol. The number of allylic oxidation sites excluding steroid dienone is 3. The van der Waals surface area contributed by atoms with Gasteiger partial charge in [0.15, 0.2) is 5.82 Å². The number of carbonyl (C=O) groups excluding carboxylic acids is 1. The largest absolute Gasteiger partial charge is 0.461 e. The third kappa shape index (κ3) is 6.94. The fourth-order valence-electron chi connectivity index (χ4n) is 8.87. The molecule has 0 aromatic carbocycles. The lowest BCUT2D eigenvalue weighted by Crippen LogP contribution is -2.37. The SMILES string of the molecule is C=C1C(=CC=C2CCC[C@]3(C)[C@@H]([C@H](C)CC[C@H](OC(=O)CCCC)C4(c5nc(CCC)no5)CC4)CC[C@@H]23)C[C@@H](O)C[C@@H]1O. The first-order valence-electron chi connectivity index (χ1n) is 17.6. The van der Waals surface area contributed by atoms with E-state index in [-0.39, 0.29) is 22.9 Å². The highest BCUT2D eigenvalue weighted by Gasteiger charge is 2.57. The summed E-state index contributed by atoms with van der Waals surface area (Å²) >= 11 is 0. The van der Waals surface area contributed by atoms with Crippen LogP contribution in [0.5, 0.6) is 0 Å². The van der Waals surface area contributed by atoms with Crippen molar-refractivity contribution in [2.24, 2.45) is 23.2 Å². The third-order valence-corrected chi connectivity index (χ3v) is 11.7. The highest BCUT2D eigenvalue weighted by molar-refractivity contribution is 5.69. The van der Waals surface area contributed by atoms with Gasteiger partial charge in [-0.15, -0.1) is 0 Å². The maximum absolute atomic E-state index is 12.9. The topological polar surface area (TPSA) is 106 Å². The Labute approximate surface area is 264 Å². The molecule has 7 heteroatoms. The number of aliphatic hydroxyl groups is 2. The van der Waals surface area contributed by atoms with Gasteiger partial charge >= 0.3 is 5.97 Å². The van der Waals surface area contributed by atoms with Gasteiger partial charge in [-0.3, -0.25) is 4.79 Å². The molecule has 44 heavy (non-hydrogen) atoms. The number of hydrogen-bond donors (Lipinski definition) is 2. The monoisotopic (exact) mass is 608 g/mol.